The van der Waals surface area contributed by atoms with E-state index in [9.17, 15) is 31.4 Å². The SMILES string of the molecule is CC(C)(C)C(=O)OC(OP=O)OC(F)(F)c1ccc(Cn2c(-c3ccc(S(C)(=O)=O)cc3)c[nH]c2=O)cc1Br. The number of halogens is 3. The molecule has 210 valence electrons. The molecule has 1 N–H and O–H groups in total. The summed E-state index contributed by atoms with van der Waals surface area (Å²) in [6, 6.07) is 9.69. The van der Waals surface area contributed by atoms with Crippen LogP contribution in [0.25, 0.3) is 11.3 Å². The maximum atomic E-state index is 15.0. The van der Waals surface area contributed by atoms with E-state index in [1.165, 1.54) is 55.8 Å². The topological polar surface area (TPSA) is 134 Å². The summed E-state index contributed by atoms with van der Waals surface area (Å²) in [5, 5.41) is 0. The van der Waals surface area contributed by atoms with Crippen LogP contribution in [0.1, 0.15) is 31.9 Å². The number of H-pyrrole nitrogens is 1. The molecule has 1 heterocycles. The van der Waals surface area contributed by atoms with Crippen molar-refractivity contribution >= 4 is 40.4 Å². The maximum Gasteiger partial charge on any atom is 0.389 e. The van der Waals surface area contributed by atoms with Crippen molar-refractivity contribution in [2.45, 2.75) is 44.8 Å². The van der Waals surface area contributed by atoms with Crippen LogP contribution in [-0.4, -0.2) is 36.7 Å². The normalized spacial score (nSPS) is 13.4. The summed E-state index contributed by atoms with van der Waals surface area (Å²) in [5.41, 5.74) is -0.707. The van der Waals surface area contributed by atoms with Crippen molar-refractivity contribution in [3.05, 3.63) is 74.7 Å². The molecule has 0 spiro atoms. The Bertz CT molecular complexity index is 1530. The number of hydrogen-bond acceptors (Lipinski definition) is 8. The standard InChI is InChI=1S/C24H24BrF2N2O8PS/c1-23(2,3)20(30)35-22(37-38-32)36-24(26,27)17-10-5-14(11-18(17)25)13-29-19(12-28-21(29)31)15-6-8-16(9-7-15)39(4,33)34/h5-12,22H,13H2,1-4H3,(H,28,31). The number of imidazole rings is 1. The average molecular weight is 649 g/mol. The smallest absolute Gasteiger partial charge is 0.389 e. The Labute approximate surface area is 232 Å². The van der Waals surface area contributed by atoms with Crippen LogP contribution in [0.5, 0.6) is 0 Å². The summed E-state index contributed by atoms with van der Waals surface area (Å²) < 4.78 is 79.3. The maximum absolute atomic E-state index is 15.0. The van der Waals surface area contributed by atoms with Gasteiger partial charge in [0.2, 0.25) is 0 Å². The lowest BCUT2D eigenvalue weighted by Gasteiger charge is -2.25. The number of hydrogen-bond donors (Lipinski definition) is 1. The zero-order valence-electron chi connectivity index (χ0n) is 21.1. The van der Waals surface area contributed by atoms with Crippen LogP contribution in [0, 0.1) is 5.41 Å². The first kappa shape index (κ1) is 30.8. The van der Waals surface area contributed by atoms with E-state index in [4.69, 9.17) is 4.74 Å². The second kappa shape index (κ2) is 11.8. The summed E-state index contributed by atoms with van der Waals surface area (Å²) >= 11 is 3.08. The van der Waals surface area contributed by atoms with Gasteiger partial charge in [-0.15, -0.1) is 0 Å². The zero-order chi connectivity index (χ0) is 29.2. The van der Waals surface area contributed by atoms with E-state index < -0.39 is 53.7 Å². The number of sulfone groups is 1. The molecular formula is C24H24BrF2N2O8PS. The molecule has 1 unspecified atom stereocenters. The Balaban J connectivity index is 1.84. The van der Waals surface area contributed by atoms with Crippen LogP contribution in [0.3, 0.4) is 0 Å². The predicted octanol–water partition coefficient (Wildman–Crippen LogP) is 5.22. The monoisotopic (exact) mass is 648 g/mol. The first-order chi connectivity index (χ1) is 18.0. The van der Waals surface area contributed by atoms with Gasteiger partial charge < -0.3 is 9.72 Å². The highest BCUT2D eigenvalue weighted by atomic mass is 79.9. The summed E-state index contributed by atoms with van der Waals surface area (Å²) in [7, 11) is -4.44. The van der Waals surface area contributed by atoms with Crippen molar-refractivity contribution < 1.29 is 40.6 Å². The summed E-state index contributed by atoms with van der Waals surface area (Å²) in [5.74, 6) is -0.917. The molecule has 1 aromatic heterocycles. The molecule has 0 saturated carbocycles. The molecule has 10 nitrogen and oxygen atoms in total. The number of nitrogens with zero attached hydrogens (tertiary/aromatic N) is 1. The second-order valence-corrected chi connectivity index (χ2v) is 12.7. The molecular weight excluding hydrogens is 625 g/mol. The lowest BCUT2D eigenvalue weighted by molar-refractivity contribution is -0.364. The van der Waals surface area contributed by atoms with E-state index in [-0.39, 0.29) is 15.9 Å². The number of carbonyl (C=O) groups is 1. The molecule has 39 heavy (non-hydrogen) atoms. The quantitative estimate of drug-likeness (QED) is 0.180. The zero-order valence-corrected chi connectivity index (χ0v) is 24.4. The highest BCUT2D eigenvalue weighted by Crippen LogP contribution is 2.37. The Morgan fingerprint density at radius 2 is 1.79 bits per heavy atom. The fourth-order valence-electron chi connectivity index (χ4n) is 3.29. The first-order valence-corrected chi connectivity index (χ1v) is 14.6. The molecule has 0 fully saturated rings. The van der Waals surface area contributed by atoms with Crippen LogP contribution in [0.15, 0.2) is 62.8 Å². The minimum atomic E-state index is -4.04. The van der Waals surface area contributed by atoms with E-state index >= 15 is 0 Å². The predicted molar refractivity (Wildman–Crippen MR) is 140 cm³/mol. The summed E-state index contributed by atoms with van der Waals surface area (Å²) in [4.78, 5) is 27.2. The number of aromatic nitrogens is 2. The fourth-order valence-corrected chi connectivity index (χ4v) is 4.73. The van der Waals surface area contributed by atoms with Crippen LogP contribution < -0.4 is 5.69 Å². The van der Waals surface area contributed by atoms with Crippen LogP contribution in [0.4, 0.5) is 8.78 Å². The molecule has 0 bridgehead atoms. The van der Waals surface area contributed by atoms with E-state index in [0.29, 0.717) is 16.8 Å². The molecule has 3 aromatic rings. The second-order valence-electron chi connectivity index (χ2n) is 9.43. The molecule has 0 saturated heterocycles. The molecule has 3 rings (SSSR count). The van der Waals surface area contributed by atoms with Gasteiger partial charge in [-0.1, -0.05) is 34.1 Å². The number of ether oxygens (including phenoxy) is 2. The molecule has 15 heteroatoms. The van der Waals surface area contributed by atoms with Crippen molar-refractivity contribution in [3.8, 4) is 11.3 Å². The Morgan fingerprint density at radius 3 is 2.33 bits per heavy atom. The van der Waals surface area contributed by atoms with Gasteiger partial charge in [-0.3, -0.25) is 14.1 Å². The van der Waals surface area contributed by atoms with Gasteiger partial charge in [0, 0.05) is 16.9 Å². The molecule has 0 aliphatic carbocycles. The van der Waals surface area contributed by atoms with Crippen molar-refractivity contribution in [2.75, 3.05) is 6.26 Å². The third-order valence-electron chi connectivity index (χ3n) is 5.32. The van der Waals surface area contributed by atoms with E-state index in [0.717, 1.165) is 12.3 Å². The summed E-state index contributed by atoms with van der Waals surface area (Å²) in [6.45, 7) is 2.19. The number of benzene rings is 2. The van der Waals surface area contributed by atoms with Crippen LogP contribution in [0.2, 0.25) is 0 Å². The number of aromatic amines is 1. The molecule has 0 amide bonds. The minimum Gasteiger partial charge on any atom is -0.409 e. The van der Waals surface area contributed by atoms with Gasteiger partial charge in [0.05, 0.1) is 28.1 Å². The van der Waals surface area contributed by atoms with Crippen molar-refractivity contribution in [2.24, 2.45) is 5.41 Å². The van der Waals surface area contributed by atoms with Gasteiger partial charge in [0.1, 0.15) is 0 Å². The van der Waals surface area contributed by atoms with Crippen molar-refractivity contribution in [3.63, 3.8) is 0 Å². The largest absolute Gasteiger partial charge is 0.409 e. The molecule has 2 aromatic carbocycles. The number of carbonyl (C=O) groups excluding carboxylic acids is 1. The lowest BCUT2D eigenvalue weighted by Crippen LogP contribution is -2.34. The van der Waals surface area contributed by atoms with Gasteiger partial charge in [-0.25, -0.2) is 22.3 Å². The lowest BCUT2D eigenvalue weighted by atomic mass is 9.98. The van der Waals surface area contributed by atoms with Gasteiger partial charge >= 0.3 is 32.9 Å². The van der Waals surface area contributed by atoms with Gasteiger partial charge in [0.15, 0.2) is 9.84 Å². The first-order valence-electron chi connectivity index (χ1n) is 11.2. The highest BCUT2D eigenvalue weighted by Gasteiger charge is 2.41. The van der Waals surface area contributed by atoms with Gasteiger partial charge in [0.25, 0.3) is 0 Å². The number of rotatable bonds is 10. The van der Waals surface area contributed by atoms with Crippen molar-refractivity contribution in [1.82, 2.24) is 9.55 Å². The molecule has 0 aliphatic rings. The number of alkyl halides is 2. The van der Waals surface area contributed by atoms with Crippen molar-refractivity contribution in [1.29, 1.82) is 0 Å². The van der Waals surface area contributed by atoms with E-state index in [1.807, 2.05) is 0 Å². The molecule has 1 atom stereocenters. The third kappa shape index (κ3) is 7.67. The highest BCUT2D eigenvalue weighted by molar-refractivity contribution is 9.10. The Kier molecular flexibility index (Phi) is 9.28. The number of esters is 1. The average Bonchev–Trinajstić information content (AvgIpc) is 3.17. The number of nitrogens with one attached hydrogen (secondary N) is 1. The van der Waals surface area contributed by atoms with Gasteiger partial charge in [-0.05, 0) is 56.2 Å². The summed E-state index contributed by atoms with van der Waals surface area (Å²) in [6.07, 6.45) is -1.50. The minimum absolute atomic E-state index is 0.0131. The fraction of sp³-hybridized carbons (Fsp3) is 0.333. The van der Waals surface area contributed by atoms with Crippen LogP contribution in [-0.2, 0) is 45.8 Å². The van der Waals surface area contributed by atoms with E-state index in [1.54, 1.807) is 12.1 Å². The Hall–Kier alpha value is -2.77. The Morgan fingerprint density at radius 1 is 1.15 bits per heavy atom. The van der Waals surface area contributed by atoms with Crippen LogP contribution >= 0.6 is 24.6 Å². The third-order valence-corrected chi connectivity index (χ3v) is 7.37. The van der Waals surface area contributed by atoms with Gasteiger partial charge in [-0.2, -0.15) is 8.78 Å². The molecule has 0 aliphatic heterocycles. The van der Waals surface area contributed by atoms with E-state index in [2.05, 4.69) is 30.2 Å². The molecule has 0 radical (unpaired) electrons.